The minimum atomic E-state index is -0.130. The van der Waals surface area contributed by atoms with Gasteiger partial charge in [0.15, 0.2) is 0 Å². The van der Waals surface area contributed by atoms with E-state index in [0.29, 0.717) is 25.4 Å². The van der Waals surface area contributed by atoms with Crippen LogP contribution >= 0.6 is 0 Å². The third-order valence-electron chi connectivity index (χ3n) is 3.13. The van der Waals surface area contributed by atoms with Gasteiger partial charge in [0.2, 0.25) is 5.91 Å². The maximum atomic E-state index is 11.8. The molecule has 3 N–H and O–H groups in total. The Balaban J connectivity index is 2.67. The fourth-order valence-corrected chi connectivity index (χ4v) is 1.92. The van der Waals surface area contributed by atoms with Gasteiger partial charge in [0.1, 0.15) is 0 Å². The van der Waals surface area contributed by atoms with E-state index in [4.69, 9.17) is 5.73 Å². The zero-order valence-electron chi connectivity index (χ0n) is 11.6. The van der Waals surface area contributed by atoms with Crippen molar-refractivity contribution in [2.24, 2.45) is 11.7 Å². The van der Waals surface area contributed by atoms with Gasteiger partial charge in [0.05, 0.1) is 5.92 Å². The van der Waals surface area contributed by atoms with Gasteiger partial charge in [0, 0.05) is 13.1 Å². The number of rotatable bonds is 6. The van der Waals surface area contributed by atoms with Crippen molar-refractivity contribution >= 4 is 5.91 Å². The molecule has 0 radical (unpaired) electrons. The molecule has 0 aromatic heterocycles. The monoisotopic (exact) mass is 248 g/mol. The molecule has 1 aromatic carbocycles. The maximum absolute atomic E-state index is 11.8. The number of hydrogen-bond donors (Lipinski definition) is 2. The molecule has 0 aliphatic rings. The normalized spacial score (nSPS) is 12.5. The van der Waals surface area contributed by atoms with Gasteiger partial charge in [-0.05, 0) is 30.4 Å². The molecular formula is C15H24N2O. The van der Waals surface area contributed by atoms with Crippen molar-refractivity contribution in [2.45, 2.75) is 33.1 Å². The summed E-state index contributed by atoms with van der Waals surface area (Å²) in [5.74, 6) is 0.454. The minimum absolute atomic E-state index is 0.0490. The van der Waals surface area contributed by atoms with Crippen molar-refractivity contribution in [2.75, 3.05) is 13.1 Å². The van der Waals surface area contributed by atoms with E-state index in [2.05, 4.69) is 43.4 Å². The van der Waals surface area contributed by atoms with E-state index in [1.165, 1.54) is 11.1 Å². The lowest BCUT2D eigenvalue weighted by Gasteiger charge is -2.14. The Hall–Kier alpha value is -1.35. The van der Waals surface area contributed by atoms with Crippen molar-refractivity contribution in [3.63, 3.8) is 0 Å². The summed E-state index contributed by atoms with van der Waals surface area (Å²) in [4.78, 5) is 11.8. The summed E-state index contributed by atoms with van der Waals surface area (Å²) < 4.78 is 0. The van der Waals surface area contributed by atoms with Crippen LogP contribution in [0, 0.1) is 5.92 Å². The van der Waals surface area contributed by atoms with Crippen LogP contribution in [0.5, 0.6) is 0 Å². The van der Waals surface area contributed by atoms with Crippen LogP contribution in [0.4, 0.5) is 0 Å². The molecule has 18 heavy (non-hydrogen) atoms. The van der Waals surface area contributed by atoms with Crippen LogP contribution < -0.4 is 11.1 Å². The zero-order valence-corrected chi connectivity index (χ0v) is 11.6. The summed E-state index contributed by atoms with van der Waals surface area (Å²) in [5.41, 5.74) is 8.16. The predicted molar refractivity (Wildman–Crippen MR) is 75.5 cm³/mol. The Kier molecular flexibility index (Phi) is 5.86. The number of amides is 1. The molecule has 1 rings (SSSR count). The molecule has 3 nitrogen and oxygen atoms in total. The third kappa shape index (κ3) is 4.15. The van der Waals surface area contributed by atoms with Gasteiger partial charge >= 0.3 is 0 Å². The lowest BCUT2D eigenvalue weighted by Crippen LogP contribution is -2.36. The number of nitrogens with one attached hydrogen (secondary N) is 1. The topological polar surface area (TPSA) is 55.1 Å². The van der Waals surface area contributed by atoms with Crippen molar-refractivity contribution < 1.29 is 4.79 Å². The number of carbonyl (C=O) groups excluding carboxylic acids is 1. The molecule has 1 atom stereocenters. The first kappa shape index (κ1) is 14.7. The largest absolute Gasteiger partial charge is 0.356 e. The van der Waals surface area contributed by atoms with E-state index < -0.39 is 0 Å². The summed E-state index contributed by atoms with van der Waals surface area (Å²) in [6.07, 6.45) is 0.709. The van der Waals surface area contributed by atoms with Gasteiger partial charge < -0.3 is 11.1 Å². The Labute approximate surface area is 110 Å². The van der Waals surface area contributed by atoms with E-state index in [9.17, 15) is 4.79 Å². The summed E-state index contributed by atoms with van der Waals surface area (Å²) in [6.45, 7) is 7.31. The fourth-order valence-electron chi connectivity index (χ4n) is 1.92. The summed E-state index contributed by atoms with van der Waals surface area (Å²) in [7, 11) is 0. The summed E-state index contributed by atoms with van der Waals surface area (Å²) >= 11 is 0. The van der Waals surface area contributed by atoms with Crippen LogP contribution in [0.2, 0.25) is 0 Å². The van der Waals surface area contributed by atoms with Gasteiger partial charge in [-0.3, -0.25) is 4.79 Å². The summed E-state index contributed by atoms with van der Waals surface area (Å²) in [5, 5.41) is 2.83. The van der Waals surface area contributed by atoms with E-state index in [1.54, 1.807) is 0 Å². The molecule has 1 unspecified atom stereocenters. The first-order chi connectivity index (χ1) is 8.58. The second-order valence-electron chi connectivity index (χ2n) is 4.93. The molecular weight excluding hydrogens is 224 g/mol. The predicted octanol–water partition coefficient (Wildman–Crippen LogP) is 2.06. The standard InChI is InChI=1S/C15H24N2O/c1-4-17-15(18)14(10-16)9-12-5-7-13(8-6-12)11(2)3/h5-8,11,14H,4,9-10,16H2,1-3H3,(H,17,18). The molecule has 1 aromatic rings. The average Bonchev–Trinajstić information content (AvgIpc) is 2.36. The molecule has 1 amide bonds. The minimum Gasteiger partial charge on any atom is -0.356 e. The Bertz CT molecular complexity index is 371. The lowest BCUT2D eigenvalue weighted by molar-refractivity contribution is -0.124. The zero-order chi connectivity index (χ0) is 13.5. The quantitative estimate of drug-likeness (QED) is 0.809. The van der Waals surface area contributed by atoms with Gasteiger partial charge in [-0.1, -0.05) is 38.1 Å². The van der Waals surface area contributed by atoms with E-state index in [0.717, 1.165) is 0 Å². The highest BCUT2D eigenvalue weighted by atomic mass is 16.1. The highest BCUT2D eigenvalue weighted by Crippen LogP contribution is 2.16. The van der Waals surface area contributed by atoms with Crippen LogP contribution in [0.1, 0.15) is 37.8 Å². The highest BCUT2D eigenvalue weighted by molar-refractivity contribution is 5.79. The first-order valence-electron chi connectivity index (χ1n) is 6.65. The fraction of sp³-hybridized carbons (Fsp3) is 0.533. The van der Waals surface area contributed by atoms with Crippen LogP contribution in [-0.4, -0.2) is 19.0 Å². The Morgan fingerprint density at radius 1 is 1.28 bits per heavy atom. The molecule has 100 valence electrons. The molecule has 0 bridgehead atoms. The van der Waals surface area contributed by atoms with Crippen LogP contribution in [0.3, 0.4) is 0 Å². The average molecular weight is 248 g/mol. The number of carbonyl (C=O) groups is 1. The Morgan fingerprint density at radius 3 is 2.33 bits per heavy atom. The number of benzene rings is 1. The lowest BCUT2D eigenvalue weighted by atomic mass is 9.95. The van der Waals surface area contributed by atoms with E-state index >= 15 is 0 Å². The van der Waals surface area contributed by atoms with Gasteiger partial charge in [-0.25, -0.2) is 0 Å². The first-order valence-corrected chi connectivity index (χ1v) is 6.65. The van der Waals surface area contributed by atoms with Crippen molar-refractivity contribution in [3.05, 3.63) is 35.4 Å². The molecule has 0 aliphatic carbocycles. The van der Waals surface area contributed by atoms with E-state index in [-0.39, 0.29) is 11.8 Å². The second kappa shape index (κ2) is 7.17. The van der Waals surface area contributed by atoms with Crippen LogP contribution in [0.15, 0.2) is 24.3 Å². The Morgan fingerprint density at radius 2 is 1.89 bits per heavy atom. The molecule has 0 saturated heterocycles. The van der Waals surface area contributed by atoms with Crippen molar-refractivity contribution in [1.82, 2.24) is 5.32 Å². The maximum Gasteiger partial charge on any atom is 0.224 e. The highest BCUT2D eigenvalue weighted by Gasteiger charge is 2.16. The molecule has 0 heterocycles. The number of nitrogens with two attached hydrogens (primary N) is 1. The van der Waals surface area contributed by atoms with Crippen LogP contribution in [0.25, 0.3) is 0 Å². The molecule has 3 heteroatoms. The van der Waals surface area contributed by atoms with Crippen LogP contribution in [-0.2, 0) is 11.2 Å². The smallest absolute Gasteiger partial charge is 0.224 e. The van der Waals surface area contributed by atoms with Gasteiger partial charge in [-0.2, -0.15) is 0 Å². The molecule has 0 fully saturated rings. The second-order valence-corrected chi connectivity index (χ2v) is 4.93. The third-order valence-corrected chi connectivity index (χ3v) is 3.13. The molecule has 0 aliphatic heterocycles. The van der Waals surface area contributed by atoms with Gasteiger partial charge in [-0.15, -0.1) is 0 Å². The van der Waals surface area contributed by atoms with Gasteiger partial charge in [0.25, 0.3) is 0 Å². The van der Waals surface area contributed by atoms with Crippen molar-refractivity contribution in [1.29, 1.82) is 0 Å². The summed E-state index contributed by atoms with van der Waals surface area (Å²) in [6, 6.07) is 8.45. The SMILES string of the molecule is CCNC(=O)C(CN)Cc1ccc(C(C)C)cc1. The van der Waals surface area contributed by atoms with E-state index in [1.807, 2.05) is 6.92 Å². The van der Waals surface area contributed by atoms with Crippen molar-refractivity contribution in [3.8, 4) is 0 Å². The number of hydrogen-bond acceptors (Lipinski definition) is 2. The molecule has 0 spiro atoms. The molecule has 0 saturated carbocycles.